The molecule has 3 atom stereocenters. The zero-order chi connectivity index (χ0) is 18.9. The molecule has 1 aromatic carbocycles. The van der Waals surface area contributed by atoms with Gasteiger partial charge in [0.25, 0.3) is 12.8 Å². The number of aliphatic carboxylic acids is 2. The van der Waals surface area contributed by atoms with Crippen molar-refractivity contribution in [3.63, 3.8) is 0 Å². The molecule has 0 aliphatic carbocycles. The first-order chi connectivity index (χ1) is 11.7. The molecule has 25 heavy (non-hydrogen) atoms. The molecule has 5 N–H and O–H groups in total. The molecule has 2 rings (SSSR count). The van der Waals surface area contributed by atoms with Crippen LogP contribution in [0.25, 0.3) is 0 Å². The molecule has 0 saturated carbocycles. The first-order valence-electron chi connectivity index (χ1n) is 6.71. The van der Waals surface area contributed by atoms with Gasteiger partial charge in [-0.25, -0.2) is 4.79 Å². The van der Waals surface area contributed by atoms with Crippen LogP contribution in [-0.2, 0) is 23.9 Å². The Morgan fingerprint density at radius 1 is 1.24 bits per heavy atom. The third-order valence-electron chi connectivity index (χ3n) is 3.70. The van der Waals surface area contributed by atoms with Crippen LogP contribution < -0.4 is 0 Å². The highest BCUT2D eigenvalue weighted by Crippen LogP contribution is 2.49. The van der Waals surface area contributed by atoms with Gasteiger partial charge in [-0.05, 0) is 6.07 Å². The smallest absolute Gasteiger partial charge is 0.341 e. The average molecular weight is 356 g/mol. The molecule has 0 fully saturated rings. The molecule has 11 nitrogen and oxygen atoms in total. The highest BCUT2D eigenvalue weighted by Gasteiger charge is 2.48. The molecule has 134 valence electrons. The van der Waals surface area contributed by atoms with Gasteiger partial charge in [0.1, 0.15) is 0 Å². The summed E-state index contributed by atoms with van der Waals surface area (Å²) in [6.07, 6.45) is -2.82. The summed E-state index contributed by atoms with van der Waals surface area (Å²) in [5.41, 5.74) is -1.01. The molecule has 11 heteroatoms. The van der Waals surface area contributed by atoms with Crippen LogP contribution in [0.15, 0.2) is 6.07 Å². The van der Waals surface area contributed by atoms with Gasteiger partial charge in [0.15, 0.2) is 11.5 Å². The second kappa shape index (κ2) is 6.55. The Morgan fingerprint density at radius 3 is 2.40 bits per heavy atom. The lowest BCUT2D eigenvalue weighted by molar-refractivity contribution is -0.169. The van der Waals surface area contributed by atoms with Gasteiger partial charge in [0, 0.05) is 5.56 Å². The molecule has 1 aliphatic heterocycles. The fraction of sp³-hybridized carbons (Fsp3) is 0.286. The molecule has 0 aromatic heterocycles. The summed E-state index contributed by atoms with van der Waals surface area (Å²) in [7, 11) is 0. The number of aromatic hydroxyl groups is 3. The summed E-state index contributed by atoms with van der Waals surface area (Å²) in [5.74, 6) is -10.7. The average Bonchev–Trinajstić information content (AvgIpc) is 2.52. The summed E-state index contributed by atoms with van der Waals surface area (Å²) in [5, 5.41) is 47.5. The van der Waals surface area contributed by atoms with Crippen molar-refractivity contribution in [1.29, 1.82) is 0 Å². The number of phenols is 3. The second-order valence-electron chi connectivity index (χ2n) is 5.13. The number of carbonyl (C=O) groups is 4. The molecule has 0 bridgehead atoms. The Balaban J connectivity index is 2.73. The van der Waals surface area contributed by atoms with Crippen molar-refractivity contribution >= 4 is 24.4 Å². The highest BCUT2D eigenvalue weighted by molar-refractivity contribution is 5.95. The number of hydrogen-bond acceptors (Lipinski definition) is 9. The van der Waals surface area contributed by atoms with E-state index in [0.717, 1.165) is 6.07 Å². The number of carboxylic acids is 2. The molecular weight excluding hydrogens is 344 g/mol. The van der Waals surface area contributed by atoms with Crippen LogP contribution in [0.2, 0.25) is 0 Å². The van der Waals surface area contributed by atoms with Crippen LogP contribution >= 0.6 is 0 Å². The summed E-state index contributed by atoms with van der Waals surface area (Å²) in [6.45, 7) is -0.146. The number of carboxylic acid groups (broad SMARTS) is 2. The van der Waals surface area contributed by atoms with E-state index in [0.29, 0.717) is 0 Å². The van der Waals surface area contributed by atoms with E-state index in [2.05, 4.69) is 4.74 Å². The van der Waals surface area contributed by atoms with Crippen molar-refractivity contribution < 1.29 is 54.2 Å². The predicted molar refractivity (Wildman–Crippen MR) is 73.9 cm³/mol. The highest BCUT2D eigenvalue weighted by atomic mass is 16.7. The van der Waals surface area contributed by atoms with Gasteiger partial charge < -0.3 is 35.0 Å². The van der Waals surface area contributed by atoms with Gasteiger partial charge >= 0.3 is 17.9 Å². The summed E-state index contributed by atoms with van der Waals surface area (Å²) in [6, 6.07) is 0.719. The van der Waals surface area contributed by atoms with Gasteiger partial charge in [0.05, 0.1) is 23.8 Å². The largest absolute Gasteiger partial charge is 0.504 e. The second-order valence-corrected chi connectivity index (χ2v) is 5.13. The van der Waals surface area contributed by atoms with Gasteiger partial charge in [-0.2, -0.15) is 0 Å². The van der Waals surface area contributed by atoms with Crippen molar-refractivity contribution in [2.45, 2.75) is 18.6 Å². The minimum absolute atomic E-state index is 0.146. The number of rotatable bonds is 6. The maximum Gasteiger partial charge on any atom is 0.341 e. The predicted octanol–water partition coefficient (Wildman–Crippen LogP) is -0.268. The van der Waals surface area contributed by atoms with E-state index in [4.69, 9.17) is 9.84 Å². The molecule has 1 aromatic rings. The standard InChI is InChI=1S/C14H12O11/c15-3-24-14-9(4(12(21)22)2-7(17)18)8-5(13(23)25-14)1-6(16)10(19)11(8)20/h1,3-4,9,14,16,19-20H,2H2,(H,17,18)(H,21,22). The number of esters is 1. The lowest BCUT2D eigenvalue weighted by Crippen LogP contribution is -2.41. The fourth-order valence-corrected chi connectivity index (χ4v) is 2.66. The number of fused-ring (bicyclic) bond motifs is 1. The number of benzene rings is 1. The van der Waals surface area contributed by atoms with E-state index in [1.807, 2.05) is 0 Å². The van der Waals surface area contributed by atoms with Crippen molar-refractivity contribution in [1.82, 2.24) is 0 Å². The molecule has 0 radical (unpaired) electrons. The van der Waals surface area contributed by atoms with E-state index in [-0.39, 0.29) is 6.47 Å². The lowest BCUT2D eigenvalue weighted by atomic mass is 9.79. The lowest BCUT2D eigenvalue weighted by Gasteiger charge is -2.34. The third kappa shape index (κ3) is 3.11. The van der Waals surface area contributed by atoms with Crippen LogP contribution in [0, 0.1) is 5.92 Å². The minimum Gasteiger partial charge on any atom is -0.504 e. The maximum absolute atomic E-state index is 12.0. The Morgan fingerprint density at radius 2 is 1.88 bits per heavy atom. The monoisotopic (exact) mass is 356 g/mol. The van der Waals surface area contributed by atoms with Crippen LogP contribution in [0.5, 0.6) is 17.2 Å². The van der Waals surface area contributed by atoms with Crippen LogP contribution in [0.1, 0.15) is 28.3 Å². The quantitative estimate of drug-likeness (QED) is 0.256. The fourth-order valence-electron chi connectivity index (χ4n) is 2.66. The van der Waals surface area contributed by atoms with Gasteiger partial charge in [-0.15, -0.1) is 0 Å². The molecule has 0 amide bonds. The number of ether oxygens (including phenoxy) is 2. The first kappa shape index (κ1) is 17.8. The van der Waals surface area contributed by atoms with Gasteiger partial charge in [-0.3, -0.25) is 14.4 Å². The number of hydrogen-bond donors (Lipinski definition) is 5. The zero-order valence-electron chi connectivity index (χ0n) is 12.3. The summed E-state index contributed by atoms with van der Waals surface area (Å²) in [4.78, 5) is 45.1. The molecule has 1 heterocycles. The van der Waals surface area contributed by atoms with Gasteiger partial charge in [0.2, 0.25) is 5.75 Å². The van der Waals surface area contributed by atoms with Crippen molar-refractivity contribution in [3.05, 3.63) is 17.2 Å². The topological polar surface area (TPSA) is 188 Å². The number of phenolic OH excluding ortho intramolecular Hbond substituents is 3. The summed E-state index contributed by atoms with van der Waals surface area (Å²) >= 11 is 0. The zero-order valence-corrected chi connectivity index (χ0v) is 12.3. The van der Waals surface area contributed by atoms with Crippen molar-refractivity contribution in [3.8, 4) is 17.2 Å². The van der Waals surface area contributed by atoms with E-state index >= 15 is 0 Å². The first-order valence-corrected chi connectivity index (χ1v) is 6.71. The van der Waals surface area contributed by atoms with E-state index in [9.17, 15) is 39.6 Å². The van der Waals surface area contributed by atoms with Crippen molar-refractivity contribution in [2.75, 3.05) is 0 Å². The SMILES string of the molecule is O=COC1OC(=O)c2cc(O)c(O)c(O)c2C1C(CC(=O)O)C(=O)O. The Hall–Kier alpha value is -3.50. The Kier molecular flexibility index (Phi) is 4.68. The normalized spacial score (nSPS) is 20.1. The third-order valence-corrected chi connectivity index (χ3v) is 3.70. The molecule has 3 unspecified atom stereocenters. The maximum atomic E-state index is 12.0. The van der Waals surface area contributed by atoms with Gasteiger partial charge in [-0.1, -0.05) is 0 Å². The van der Waals surface area contributed by atoms with Crippen LogP contribution in [-0.4, -0.2) is 56.2 Å². The molecule has 1 aliphatic rings. The van der Waals surface area contributed by atoms with Crippen LogP contribution in [0.4, 0.5) is 0 Å². The molecule has 0 spiro atoms. The molecular formula is C14H12O11. The Labute approximate surface area is 138 Å². The van der Waals surface area contributed by atoms with E-state index in [1.54, 1.807) is 0 Å². The molecule has 0 saturated heterocycles. The van der Waals surface area contributed by atoms with E-state index < -0.39 is 70.8 Å². The minimum atomic E-state index is -1.85. The number of cyclic esters (lactones) is 1. The van der Waals surface area contributed by atoms with Crippen LogP contribution in [0.3, 0.4) is 0 Å². The van der Waals surface area contributed by atoms with Crippen molar-refractivity contribution in [2.24, 2.45) is 5.92 Å². The summed E-state index contributed by atoms with van der Waals surface area (Å²) < 4.78 is 9.30. The number of carbonyl (C=O) groups excluding carboxylic acids is 2. The van der Waals surface area contributed by atoms with E-state index in [1.165, 1.54) is 0 Å². The Bertz CT molecular complexity index is 754.